The van der Waals surface area contributed by atoms with Crippen molar-refractivity contribution in [3.8, 4) is 0 Å². The van der Waals surface area contributed by atoms with E-state index < -0.39 is 21.1 Å². The first-order chi connectivity index (χ1) is 12.6. The van der Waals surface area contributed by atoms with Crippen LogP contribution in [0.5, 0.6) is 0 Å². The topological polar surface area (TPSA) is 17.3 Å². The predicted molar refractivity (Wildman–Crippen MR) is 123 cm³/mol. The van der Waals surface area contributed by atoms with Crippen molar-refractivity contribution in [2.24, 2.45) is 0 Å². The van der Waals surface area contributed by atoms with Gasteiger partial charge >= 0.3 is 184 Å². The molecular weight excluding hydrogens is 483 g/mol. The van der Waals surface area contributed by atoms with Gasteiger partial charge in [-0.25, -0.2) is 0 Å². The molecule has 0 atom stereocenters. The van der Waals surface area contributed by atoms with Crippen LogP contribution in [0.4, 0.5) is 0 Å². The van der Waals surface area contributed by atoms with E-state index in [2.05, 4.69) is 55.2 Å². The van der Waals surface area contributed by atoms with Gasteiger partial charge in [-0.05, 0) is 0 Å². The quantitative estimate of drug-likeness (QED) is 0.213. The van der Waals surface area contributed by atoms with Crippen molar-refractivity contribution in [1.29, 1.82) is 0 Å². The molecule has 2 heterocycles. The molecule has 0 N–H and O–H groups in total. The normalized spacial score (nSPS) is 12.3. The molecule has 0 unspecified atom stereocenters. The average Bonchev–Trinajstić information content (AvgIpc) is 3.20. The van der Waals surface area contributed by atoms with Crippen LogP contribution in [0.2, 0.25) is 3.43 Å². The molecule has 0 spiro atoms. The van der Waals surface area contributed by atoms with Crippen molar-refractivity contribution in [2.75, 3.05) is 12.5 Å². The van der Waals surface area contributed by atoms with Crippen LogP contribution < -0.4 is 2.89 Å². The molecule has 0 aliphatic heterocycles. The fraction of sp³-hybridized carbons (Fsp3) is 0.750. The van der Waals surface area contributed by atoms with Crippen LogP contribution in [0.15, 0.2) is 16.4 Å². The Morgan fingerprint density at radius 2 is 1.58 bits per heavy atom. The minimum atomic E-state index is -0.636. The molecule has 2 radical (unpaired) electrons. The Kier molecular flexibility index (Phi) is 10.3. The third-order valence-corrected chi connectivity index (χ3v) is 13.7. The molecule has 0 saturated heterocycles. The van der Waals surface area contributed by atoms with Crippen LogP contribution in [-0.4, -0.2) is 43.0 Å². The van der Waals surface area contributed by atoms with E-state index in [9.17, 15) is 0 Å². The summed E-state index contributed by atoms with van der Waals surface area (Å²) in [4.78, 5) is 6.17. The number of fused-ring (bicyclic) bond motifs is 1. The Morgan fingerprint density at radius 1 is 1.00 bits per heavy atom. The number of imidazole rings is 1. The van der Waals surface area contributed by atoms with Crippen LogP contribution >= 0.6 is 34.9 Å². The third-order valence-electron chi connectivity index (χ3n) is 5.05. The zero-order valence-corrected chi connectivity index (χ0v) is 22.4. The summed E-state index contributed by atoms with van der Waals surface area (Å²) in [6.07, 6.45) is 19.4. The van der Waals surface area contributed by atoms with E-state index in [4.69, 9.17) is 4.98 Å². The molecule has 26 heavy (non-hydrogen) atoms. The summed E-state index contributed by atoms with van der Waals surface area (Å²) in [5.74, 6) is 0. The zero-order chi connectivity index (χ0) is 19.0. The van der Waals surface area contributed by atoms with Gasteiger partial charge in [0.1, 0.15) is 0 Å². The Balaban J connectivity index is 2.32. The fourth-order valence-corrected chi connectivity index (χ4v) is 13.1. The third kappa shape index (κ3) is 5.83. The van der Waals surface area contributed by atoms with Crippen molar-refractivity contribution >= 4 is 63.7 Å². The van der Waals surface area contributed by atoms with Crippen molar-refractivity contribution < 1.29 is 0 Å². The Hall–Kier alpha value is 0.669. The molecule has 0 fully saturated rings. The second-order valence-electron chi connectivity index (χ2n) is 7.09. The molecule has 0 aliphatic rings. The number of nitrogens with zero attached hydrogens (tertiary/aromatic N) is 2. The summed E-state index contributed by atoms with van der Waals surface area (Å²) in [6, 6.07) is 0. The maximum absolute atomic E-state index is 4.79. The number of hydrogen-bond donors (Lipinski definition) is 0. The van der Waals surface area contributed by atoms with Crippen LogP contribution in [0, 0.1) is 0 Å². The van der Waals surface area contributed by atoms with Gasteiger partial charge in [0.15, 0.2) is 0 Å². The SMILES string of the molecule is CCCC[C](CCCC)(CCCC)[Sn][c]1cn2c(SC)nc(SC)c2s1. The van der Waals surface area contributed by atoms with Crippen LogP contribution in [0.3, 0.4) is 0 Å². The zero-order valence-electron chi connectivity index (χ0n) is 17.1. The van der Waals surface area contributed by atoms with E-state index in [-0.39, 0.29) is 0 Å². The molecule has 2 aromatic heterocycles. The number of aromatic nitrogens is 2. The van der Waals surface area contributed by atoms with Crippen molar-refractivity contribution in [3.05, 3.63) is 6.20 Å². The van der Waals surface area contributed by atoms with Gasteiger partial charge in [0.25, 0.3) is 0 Å². The molecule has 6 heteroatoms. The first-order valence-corrected chi connectivity index (χ1v) is 16.1. The van der Waals surface area contributed by atoms with Crippen molar-refractivity contribution in [1.82, 2.24) is 9.38 Å². The van der Waals surface area contributed by atoms with E-state index in [1.807, 2.05) is 0 Å². The molecule has 0 aromatic carbocycles. The van der Waals surface area contributed by atoms with E-state index >= 15 is 0 Å². The number of unbranched alkanes of at least 4 members (excludes halogenated alkanes) is 3. The Labute approximate surface area is 182 Å². The van der Waals surface area contributed by atoms with Crippen LogP contribution in [0.25, 0.3) is 4.83 Å². The fourth-order valence-electron chi connectivity index (χ4n) is 3.54. The summed E-state index contributed by atoms with van der Waals surface area (Å²) >= 11 is 4.98. The summed E-state index contributed by atoms with van der Waals surface area (Å²) in [5, 5.41) is 2.37. The molecule has 0 amide bonds. The molecule has 0 saturated carbocycles. The standard InChI is InChI=1S/C13H27.C7H7N2S3.Sn/c1-4-7-10-13(11-8-5-2)12-9-6-3;1-10-5-6-9(3-4-12-6)7(8-5)11-2;/h4-12H2,1-3H3;3H,1-2H3;. The average molecular weight is 517 g/mol. The van der Waals surface area contributed by atoms with E-state index in [0.29, 0.717) is 3.43 Å². The van der Waals surface area contributed by atoms with Gasteiger partial charge in [-0.2, -0.15) is 0 Å². The van der Waals surface area contributed by atoms with Crippen molar-refractivity contribution in [3.63, 3.8) is 0 Å². The van der Waals surface area contributed by atoms with Gasteiger partial charge in [0.05, 0.1) is 0 Å². The predicted octanol–water partition coefficient (Wildman–Crippen LogP) is 6.90. The summed E-state index contributed by atoms with van der Waals surface area (Å²) in [7, 11) is 0. The van der Waals surface area contributed by atoms with E-state index in [1.54, 1.807) is 26.4 Å². The van der Waals surface area contributed by atoms with E-state index in [1.165, 1.54) is 67.6 Å². The molecule has 0 aliphatic carbocycles. The molecule has 2 nitrogen and oxygen atoms in total. The van der Waals surface area contributed by atoms with E-state index in [0.717, 1.165) is 5.16 Å². The van der Waals surface area contributed by atoms with Gasteiger partial charge < -0.3 is 0 Å². The number of hydrogen-bond acceptors (Lipinski definition) is 4. The molecule has 2 aromatic rings. The Morgan fingerprint density at radius 3 is 2.04 bits per heavy atom. The molecule has 0 bridgehead atoms. The number of thioether (sulfide) groups is 2. The first-order valence-electron chi connectivity index (χ1n) is 10.0. The van der Waals surface area contributed by atoms with Gasteiger partial charge in [0.2, 0.25) is 0 Å². The molecule has 146 valence electrons. The second-order valence-corrected chi connectivity index (χ2v) is 16.0. The van der Waals surface area contributed by atoms with Gasteiger partial charge in [-0.3, -0.25) is 0 Å². The van der Waals surface area contributed by atoms with Crippen molar-refractivity contribution in [2.45, 2.75) is 92.2 Å². The van der Waals surface area contributed by atoms with Crippen LogP contribution in [0.1, 0.15) is 78.6 Å². The van der Waals surface area contributed by atoms with Gasteiger partial charge in [0, 0.05) is 0 Å². The first kappa shape index (κ1) is 23.0. The maximum atomic E-state index is 4.79. The molecular formula is C20H34N2S3Sn. The number of thiazole rings is 1. The minimum absolute atomic E-state index is 0.636. The summed E-state index contributed by atoms with van der Waals surface area (Å²) in [5.41, 5.74) is 0. The second kappa shape index (κ2) is 11.6. The summed E-state index contributed by atoms with van der Waals surface area (Å²) in [6.45, 7) is 7.06. The van der Waals surface area contributed by atoms with Gasteiger partial charge in [-0.1, -0.05) is 0 Å². The monoisotopic (exact) mass is 518 g/mol. The molecule has 2 rings (SSSR count). The van der Waals surface area contributed by atoms with Crippen LogP contribution in [-0.2, 0) is 0 Å². The van der Waals surface area contributed by atoms with Gasteiger partial charge in [-0.15, -0.1) is 0 Å². The summed E-state index contributed by atoms with van der Waals surface area (Å²) < 4.78 is 4.77. The Bertz CT molecular complexity index is 607. The number of rotatable bonds is 13.